The minimum atomic E-state index is 0.0120. The normalized spacial score (nSPS) is 13.9. The summed E-state index contributed by atoms with van der Waals surface area (Å²) in [6, 6.07) is 14.3. The lowest BCUT2D eigenvalue weighted by molar-refractivity contribution is 0.0728. The van der Waals surface area contributed by atoms with Gasteiger partial charge in [0.1, 0.15) is 0 Å². The number of hydrogen-bond donors (Lipinski definition) is 0. The number of nitrogens with zero attached hydrogens (tertiary/aromatic N) is 3. The summed E-state index contributed by atoms with van der Waals surface area (Å²) in [6.45, 7) is 1.42. The van der Waals surface area contributed by atoms with Gasteiger partial charge in [0.15, 0.2) is 5.69 Å². The minimum absolute atomic E-state index is 0.0120. The van der Waals surface area contributed by atoms with E-state index in [4.69, 9.17) is 0 Å². The molecule has 2 aromatic heterocycles. The zero-order valence-corrected chi connectivity index (χ0v) is 13.7. The Kier molecular flexibility index (Phi) is 3.50. The molecule has 0 unspecified atom stereocenters. The van der Waals surface area contributed by atoms with E-state index in [0.29, 0.717) is 12.2 Å². The Balaban J connectivity index is 1.60. The summed E-state index contributed by atoms with van der Waals surface area (Å²) in [4.78, 5) is 15.8. The molecule has 0 atom stereocenters. The highest BCUT2D eigenvalue weighted by atomic mass is 32.1. The van der Waals surface area contributed by atoms with Crippen LogP contribution < -0.4 is 0 Å². The third-order valence-electron chi connectivity index (χ3n) is 4.29. The van der Waals surface area contributed by atoms with Crippen molar-refractivity contribution < 1.29 is 4.79 Å². The number of rotatable bonds is 2. The Morgan fingerprint density at radius 2 is 2.00 bits per heavy atom. The molecular weight excluding hydrogens is 306 g/mol. The molecule has 3 aromatic rings. The Morgan fingerprint density at radius 1 is 1.17 bits per heavy atom. The molecule has 23 heavy (non-hydrogen) atoms. The van der Waals surface area contributed by atoms with Crippen molar-refractivity contribution in [3.63, 3.8) is 0 Å². The number of carbonyl (C=O) groups excluding carboxylic acids is 1. The molecule has 1 aromatic carbocycles. The number of fused-ring (bicyclic) bond motifs is 1. The summed E-state index contributed by atoms with van der Waals surface area (Å²) in [5, 5.41) is 6.46. The SMILES string of the molecule is Cn1nc(C(=O)N2CCc3ccccc3C2)cc1-c1cccs1. The summed E-state index contributed by atoms with van der Waals surface area (Å²) >= 11 is 1.66. The van der Waals surface area contributed by atoms with Crippen LogP contribution in [-0.2, 0) is 20.0 Å². The second-order valence-electron chi connectivity index (χ2n) is 5.76. The first-order valence-electron chi connectivity index (χ1n) is 7.66. The smallest absolute Gasteiger partial charge is 0.274 e. The van der Waals surface area contributed by atoms with Gasteiger partial charge in [-0.3, -0.25) is 9.48 Å². The maximum Gasteiger partial charge on any atom is 0.274 e. The van der Waals surface area contributed by atoms with Gasteiger partial charge in [-0.1, -0.05) is 30.3 Å². The lowest BCUT2D eigenvalue weighted by atomic mass is 10.00. The summed E-state index contributed by atoms with van der Waals surface area (Å²) in [5.41, 5.74) is 4.09. The lowest BCUT2D eigenvalue weighted by Gasteiger charge is -2.28. The molecule has 4 rings (SSSR count). The van der Waals surface area contributed by atoms with Gasteiger partial charge in [0.25, 0.3) is 5.91 Å². The number of hydrogen-bond acceptors (Lipinski definition) is 3. The monoisotopic (exact) mass is 323 g/mol. The van der Waals surface area contributed by atoms with Crippen LogP contribution in [0.2, 0.25) is 0 Å². The summed E-state index contributed by atoms with van der Waals surface area (Å²) in [5.74, 6) is 0.0120. The standard InChI is InChI=1S/C18H17N3OS/c1-20-16(17-7-4-10-23-17)11-15(19-20)18(22)21-9-8-13-5-2-3-6-14(13)12-21/h2-7,10-11H,8-9,12H2,1H3. The zero-order valence-electron chi connectivity index (χ0n) is 12.9. The molecule has 0 saturated heterocycles. The van der Waals surface area contributed by atoms with Crippen LogP contribution in [0.25, 0.3) is 10.6 Å². The van der Waals surface area contributed by atoms with E-state index >= 15 is 0 Å². The van der Waals surface area contributed by atoms with Gasteiger partial charge in [0, 0.05) is 20.1 Å². The highest BCUT2D eigenvalue weighted by Gasteiger charge is 2.24. The molecule has 1 amide bonds. The molecule has 0 bridgehead atoms. The van der Waals surface area contributed by atoms with Crippen LogP contribution in [0.1, 0.15) is 21.6 Å². The molecule has 0 N–H and O–H groups in total. The van der Waals surface area contributed by atoms with E-state index in [9.17, 15) is 4.79 Å². The number of carbonyl (C=O) groups is 1. The van der Waals surface area contributed by atoms with Gasteiger partial charge >= 0.3 is 0 Å². The van der Waals surface area contributed by atoms with Crippen molar-refractivity contribution in [3.8, 4) is 10.6 Å². The average molecular weight is 323 g/mol. The molecule has 5 heteroatoms. The predicted molar refractivity (Wildman–Crippen MR) is 91.4 cm³/mol. The van der Waals surface area contributed by atoms with Gasteiger partial charge in [-0.25, -0.2) is 0 Å². The van der Waals surface area contributed by atoms with Crippen molar-refractivity contribution in [2.24, 2.45) is 7.05 Å². The van der Waals surface area contributed by atoms with E-state index in [1.165, 1.54) is 11.1 Å². The summed E-state index contributed by atoms with van der Waals surface area (Å²) in [7, 11) is 1.89. The highest BCUT2D eigenvalue weighted by Crippen LogP contribution is 2.26. The predicted octanol–water partition coefficient (Wildman–Crippen LogP) is 3.35. The molecular formula is C18H17N3OS. The Hall–Kier alpha value is -2.40. The first-order chi connectivity index (χ1) is 11.2. The maximum atomic E-state index is 12.8. The molecule has 0 spiro atoms. The van der Waals surface area contributed by atoms with Crippen LogP contribution >= 0.6 is 11.3 Å². The van der Waals surface area contributed by atoms with E-state index in [1.54, 1.807) is 16.0 Å². The largest absolute Gasteiger partial charge is 0.333 e. The number of aryl methyl sites for hydroxylation is 1. The molecule has 4 nitrogen and oxygen atoms in total. The van der Waals surface area contributed by atoms with Gasteiger partial charge in [0.2, 0.25) is 0 Å². The molecule has 1 aliphatic heterocycles. The van der Waals surface area contributed by atoms with Crippen LogP contribution in [0.4, 0.5) is 0 Å². The van der Waals surface area contributed by atoms with Crippen molar-refractivity contribution in [3.05, 3.63) is 64.7 Å². The molecule has 0 aliphatic carbocycles. The van der Waals surface area contributed by atoms with Gasteiger partial charge in [-0.15, -0.1) is 11.3 Å². The second kappa shape index (κ2) is 5.66. The van der Waals surface area contributed by atoms with E-state index in [0.717, 1.165) is 23.5 Å². The summed E-state index contributed by atoms with van der Waals surface area (Å²) < 4.78 is 1.79. The number of aromatic nitrogens is 2. The van der Waals surface area contributed by atoms with Crippen LogP contribution in [0, 0.1) is 0 Å². The zero-order chi connectivity index (χ0) is 15.8. The Morgan fingerprint density at radius 3 is 2.78 bits per heavy atom. The maximum absolute atomic E-state index is 12.8. The van der Waals surface area contributed by atoms with Crippen molar-refractivity contribution in [2.45, 2.75) is 13.0 Å². The quantitative estimate of drug-likeness (QED) is 0.725. The van der Waals surface area contributed by atoms with E-state index in [2.05, 4.69) is 23.3 Å². The van der Waals surface area contributed by atoms with Gasteiger partial charge in [0.05, 0.1) is 10.6 Å². The summed E-state index contributed by atoms with van der Waals surface area (Å²) in [6.07, 6.45) is 0.909. The molecule has 0 saturated carbocycles. The van der Waals surface area contributed by atoms with Crippen molar-refractivity contribution in [1.82, 2.24) is 14.7 Å². The first kappa shape index (κ1) is 14.2. The third kappa shape index (κ3) is 2.57. The Labute approximate surface area is 139 Å². The van der Waals surface area contributed by atoms with Crippen LogP contribution in [0.15, 0.2) is 47.8 Å². The molecule has 0 radical (unpaired) electrons. The topological polar surface area (TPSA) is 38.1 Å². The van der Waals surface area contributed by atoms with Gasteiger partial charge in [-0.2, -0.15) is 5.10 Å². The van der Waals surface area contributed by atoms with Crippen LogP contribution in [-0.4, -0.2) is 27.1 Å². The molecule has 3 heterocycles. The molecule has 116 valence electrons. The fraction of sp³-hybridized carbons (Fsp3) is 0.222. The number of thiophene rings is 1. The van der Waals surface area contributed by atoms with Gasteiger partial charge in [-0.05, 0) is 35.1 Å². The van der Waals surface area contributed by atoms with Gasteiger partial charge < -0.3 is 4.90 Å². The van der Waals surface area contributed by atoms with Crippen LogP contribution in [0.3, 0.4) is 0 Å². The first-order valence-corrected chi connectivity index (χ1v) is 8.54. The van der Waals surface area contributed by atoms with Crippen molar-refractivity contribution >= 4 is 17.2 Å². The molecule has 0 fully saturated rings. The van der Waals surface area contributed by atoms with E-state index in [1.807, 2.05) is 41.6 Å². The van der Waals surface area contributed by atoms with E-state index < -0.39 is 0 Å². The number of amides is 1. The Bertz CT molecular complexity index is 851. The fourth-order valence-electron chi connectivity index (χ4n) is 3.06. The van der Waals surface area contributed by atoms with Crippen molar-refractivity contribution in [1.29, 1.82) is 0 Å². The average Bonchev–Trinajstić information content (AvgIpc) is 3.23. The fourth-order valence-corrected chi connectivity index (χ4v) is 3.83. The minimum Gasteiger partial charge on any atom is -0.333 e. The number of benzene rings is 1. The van der Waals surface area contributed by atoms with Crippen LogP contribution in [0.5, 0.6) is 0 Å². The third-order valence-corrected chi connectivity index (χ3v) is 5.18. The second-order valence-corrected chi connectivity index (χ2v) is 6.71. The molecule has 1 aliphatic rings. The van der Waals surface area contributed by atoms with Crippen molar-refractivity contribution in [2.75, 3.05) is 6.54 Å². The highest BCUT2D eigenvalue weighted by molar-refractivity contribution is 7.13. The lowest BCUT2D eigenvalue weighted by Crippen LogP contribution is -2.36. The van der Waals surface area contributed by atoms with E-state index in [-0.39, 0.29) is 5.91 Å².